The second kappa shape index (κ2) is 10.5. The maximum absolute atomic E-state index is 12.4. The predicted molar refractivity (Wildman–Crippen MR) is 135 cm³/mol. The molecule has 0 bridgehead atoms. The Hall–Kier alpha value is -2.34. The van der Waals surface area contributed by atoms with Gasteiger partial charge in [0, 0.05) is 16.5 Å². The van der Waals surface area contributed by atoms with Crippen LogP contribution in [-0.4, -0.2) is 23.8 Å². The highest BCUT2D eigenvalue weighted by atomic mass is 79.9. The lowest BCUT2D eigenvalue weighted by atomic mass is 9.78. The summed E-state index contributed by atoms with van der Waals surface area (Å²) >= 11 is 3.44. The topological polar surface area (TPSA) is 70.9 Å². The molecule has 0 saturated carbocycles. The summed E-state index contributed by atoms with van der Waals surface area (Å²) in [4.78, 5) is 12.4. The number of nitrogens with zero attached hydrogens (tertiary/aromatic N) is 1. The highest BCUT2D eigenvalue weighted by Crippen LogP contribution is 2.40. The number of ether oxygens (including phenoxy) is 1. The number of phenolic OH excluding ortho intramolecular Hbond substituents is 1. The van der Waals surface area contributed by atoms with Crippen LogP contribution in [0.1, 0.15) is 77.1 Å². The van der Waals surface area contributed by atoms with Gasteiger partial charge < -0.3 is 9.84 Å². The van der Waals surface area contributed by atoms with E-state index in [1.165, 1.54) is 0 Å². The average molecular weight is 503 g/mol. The SMILES string of the molecule is CCOc1ccc(Br)cc1/C=N\NC(=O)CCc1cc(C(C)(C)C)c(O)c(C(C)(C)C)c1. The zero-order valence-electron chi connectivity index (χ0n) is 20.2. The largest absolute Gasteiger partial charge is 0.507 e. The molecule has 0 saturated heterocycles. The number of aryl methyl sites for hydroxylation is 1. The van der Waals surface area contributed by atoms with E-state index in [4.69, 9.17) is 4.74 Å². The summed E-state index contributed by atoms with van der Waals surface area (Å²) in [5.74, 6) is 0.890. The first-order valence-electron chi connectivity index (χ1n) is 10.9. The Bertz CT molecular complexity index is 951. The fourth-order valence-electron chi connectivity index (χ4n) is 3.38. The van der Waals surface area contributed by atoms with Crippen LogP contribution in [0.4, 0.5) is 0 Å². The summed E-state index contributed by atoms with van der Waals surface area (Å²) in [7, 11) is 0. The van der Waals surface area contributed by atoms with Crippen molar-refractivity contribution in [2.45, 2.75) is 72.1 Å². The average Bonchev–Trinajstić information content (AvgIpc) is 2.67. The molecule has 174 valence electrons. The van der Waals surface area contributed by atoms with Gasteiger partial charge in [-0.25, -0.2) is 5.43 Å². The fourth-order valence-corrected chi connectivity index (χ4v) is 3.76. The van der Waals surface area contributed by atoms with Gasteiger partial charge in [0.25, 0.3) is 0 Å². The predicted octanol–water partition coefficient (Wildman–Crippen LogP) is 6.23. The number of nitrogens with one attached hydrogen (secondary N) is 1. The fraction of sp³-hybridized carbons (Fsp3) is 0.462. The Morgan fingerprint density at radius 3 is 2.22 bits per heavy atom. The Kier molecular flexibility index (Phi) is 8.52. The first-order valence-corrected chi connectivity index (χ1v) is 11.7. The Labute approximate surface area is 200 Å². The molecule has 0 radical (unpaired) electrons. The van der Waals surface area contributed by atoms with E-state index in [-0.39, 0.29) is 16.7 Å². The first kappa shape index (κ1) is 25.9. The number of phenols is 1. The number of carbonyl (C=O) groups is 1. The molecule has 0 heterocycles. The third-order valence-corrected chi connectivity index (χ3v) is 5.58. The quantitative estimate of drug-likeness (QED) is 0.348. The lowest BCUT2D eigenvalue weighted by Crippen LogP contribution is -2.20. The molecule has 0 aromatic heterocycles. The second-order valence-corrected chi connectivity index (χ2v) is 10.9. The number of aromatic hydroxyl groups is 1. The minimum atomic E-state index is -0.200. The van der Waals surface area contributed by atoms with Crippen LogP contribution < -0.4 is 10.2 Å². The second-order valence-electron chi connectivity index (χ2n) is 9.95. The first-order chi connectivity index (χ1) is 14.8. The zero-order chi connectivity index (χ0) is 24.1. The number of hydrazone groups is 1. The summed E-state index contributed by atoms with van der Waals surface area (Å²) < 4.78 is 6.50. The van der Waals surface area contributed by atoms with Gasteiger partial charge in [0.2, 0.25) is 5.91 Å². The number of benzene rings is 2. The molecule has 2 aromatic carbocycles. The number of rotatable bonds is 7. The van der Waals surface area contributed by atoms with Gasteiger partial charge in [-0.15, -0.1) is 0 Å². The van der Waals surface area contributed by atoms with Gasteiger partial charge >= 0.3 is 0 Å². The molecule has 32 heavy (non-hydrogen) atoms. The molecule has 2 N–H and O–H groups in total. The van der Waals surface area contributed by atoms with Gasteiger partial charge in [0.15, 0.2) is 0 Å². The van der Waals surface area contributed by atoms with Crippen LogP contribution in [0.2, 0.25) is 0 Å². The lowest BCUT2D eigenvalue weighted by molar-refractivity contribution is -0.121. The highest BCUT2D eigenvalue weighted by Gasteiger charge is 2.26. The van der Waals surface area contributed by atoms with Gasteiger partial charge in [-0.3, -0.25) is 4.79 Å². The lowest BCUT2D eigenvalue weighted by Gasteiger charge is -2.28. The van der Waals surface area contributed by atoms with Crippen LogP contribution in [0, 0.1) is 0 Å². The summed E-state index contributed by atoms with van der Waals surface area (Å²) in [5, 5.41) is 15.0. The van der Waals surface area contributed by atoms with E-state index in [0.29, 0.717) is 30.9 Å². The summed E-state index contributed by atoms with van der Waals surface area (Å²) in [6, 6.07) is 9.67. The molecule has 2 rings (SSSR count). The van der Waals surface area contributed by atoms with Gasteiger partial charge in [-0.2, -0.15) is 5.10 Å². The van der Waals surface area contributed by atoms with Crippen LogP contribution in [0.25, 0.3) is 0 Å². The molecule has 0 aliphatic rings. The number of amides is 1. The molecule has 0 aliphatic carbocycles. The van der Waals surface area contributed by atoms with Crippen LogP contribution >= 0.6 is 15.9 Å². The van der Waals surface area contributed by atoms with E-state index in [1.807, 2.05) is 37.3 Å². The van der Waals surface area contributed by atoms with Gasteiger partial charge in [-0.05, 0) is 59.1 Å². The smallest absolute Gasteiger partial charge is 0.240 e. The molecule has 2 aromatic rings. The van der Waals surface area contributed by atoms with Crippen LogP contribution in [-0.2, 0) is 22.0 Å². The molecule has 0 atom stereocenters. The Morgan fingerprint density at radius 2 is 1.69 bits per heavy atom. The van der Waals surface area contributed by atoms with E-state index in [0.717, 1.165) is 26.7 Å². The van der Waals surface area contributed by atoms with Gasteiger partial charge in [-0.1, -0.05) is 69.6 Å². The zero-order valence-corrected chi connectivity index (χ0v) is 21.8. The molecule has 0 fully saturated rings. The van der Waals surface area contributed by atoms with E-state index in [9.17, 15) is 9.90 Å². The number of carbonyl (C=O) groups excluding carboxylic acids is 1. The third kappa shape index (κ3) is 7.09. The minimum absolute atomic E-state index is 0.170. The van der Waals surface area contributed by atoms with E-state index in [1.54, 1.807) is 6.21 Å². The van der Waals surface area contributed by atoms with Crippen LogP contribution in [0.15, 0.2) is 39.9 Å². The summed E-state index contributed by atoms with van der Waals surface area (Å²) in [6.45, 7) is 15.0. The number of halogens is 1. The normalized spacial score (nSPS) is 12.2. The molecular formula is C26H35BrN2O3. The highest BCUT2D eigenvalue weighted by molar-refractivity contribution is 9.10. The van der Waals surface area contributed by atoms with Crippen molar-refractivity contribution in [2.24, 2.45) is 5.10 Å². The number of hydrogen-bond acceptors (Lipinski definition) is 4. The maximum atomic E-state index is 12.4. The molecule has 6 heteroatoms. The monoisotopic (exact) mass is 502 g/mol. The van der Waals surface area contributed by atoms with Crippen molar-refractivity contribution in [3.05, 3.63) is 57.1 Å². The Balaban J connectivity index is 2.12. The molecule has 0 unspecified atom stereocenters. The Morgan fingerprint density at radius 1 is 1.09 bits per heavy atom. The van der Waals surface area contributed by atoms with Crippen molar-refractivity contribution in [1.29, 1.82) is 0 Å². The van der Waals surface area contributed by atoms with Gasteiger partial charge in [0.1, 0.15) is 11.5 Å². The van der Waals surface area contributed by atoms with Crippen molar-refractivity contribution in [3.63, 3.8) is 0 Å². The standard InChI is InChI=1S/C26H35BrN2O3/c1-8-32-22-11-10-19(27)15-18(22)16-28-29-23(30)12-9-17-13-20(25(2,3)4)24(31)21(14-17)26(5,6)7/h10-11,13-16,31H,8-9,12H2,1-7H3,(H,29,30)/b28-16-. The van der Waals surface area contributed by atoms with Crippen molar-refractivity contribution in [3.8, 4) is 11.5 Å². The van der Waals surface area contributed by atoms with Crippen molar-refractivity contribution in [2.75, 3.05) is 6.61 Å². The maximum Gasteiger partial charge on any atom is 0.240 e. The molecular weight excluding hydrogens is 468 g/mol. The van der Waals surface area contributed by atoms with E-state index in [2.05, 4.69) is 68.0 Å². The van der Waals surface area contributed by atoms with Crippen molar-refractivity contribution in [1.82, 2.24) is 5.43 Å². The van der Waals surface area contributed by atoms with E-state index >= 15 is 0 Å². The summed E-state index contributed by atoms with van der Waals surface area (Å²) in [5.41, 5.74) is 5.81. The number of hydrogen-bond donors (Lipinski definition) is 2. The molecule has 1 amide bonds. The third-order valence-electron chi connectivity index (χ3n) is 5.09. The van der Waals surface area contributed by atoms with Crippen molar-refractivity contribution >= 4 is 28.1 Å². The minimum Gasteiger partial charge on any atom is -0.507 e. The molecule has 5 nitrogen and oxygen atoms in total. The summed E-state index contributed by atoms with van der Waals surface area (Å²) in [6.07, 6.45) is 2.45. The van der Waals surface area contributed by atoms with Crippen LogP contribution in [0.5, 0.6) is 11.5 Å². The molecule has 0 aliphatic heterocycles. The van der Waals surface area contributed by atoms with Crippen molar-refractivity contribution < 1.29 is 14.6 Å². The van der Waals surface area contributed by atoms with E-state index < -0.39 is 0 Å². The molecule has 0 spiro atoms. The van der Waals surface area contributed by atoms with Gasteiger partial charge in [0.05, 0.1) is 12.8 Å². The van der Waals surface area contributed by atoms with Crippen LogP contribution in [0.3, 0.4) is 0 Å².